The molecule has 1 unspecified atom stereocenters. The molecule has 1 amide bonds. The molecule has 1 aromatic carbocycles. The largest absolute Gasteiger partial charge is 0.368 e. The number of halogens is 2. The zero-order valence-electron chi connectivity index (χ0n) is 6.13. The van der Waals surface area contributed by atoms with Gasteiger partial charge in [-0.15, -0.1) is 11.6 Å². The van der Waals surface area contributed by atoms with Gasteiger partial charge in [-0.1, -0.05) is 28.1 Å². The first-order valence-corrected chi connectivity index (χ1v) is 4.53. The minimum Gasteiger partial charge on any atom is -0.368 e. The summed E-state index contributed by atoms with van der Waals surface area (Å²) < 4.78 is 0.944. The second-order valence-electron chi connectivity index (χ2n) is 2.32. The summed E-state index contributed by atoms with van der Waals surface area (Å²) >= 11 is 8.98. The van der Waals surface area contributed by atoms with Crippen molar-refractivity contribution in [3.05, 3.63) is 34.3 Å². The van der Waals surface area contributed by atoms with Gasteiger partial charge in [0.05, 0.1) is 0 Å². The van der Waals surface area contributed by atoms with Gasteiger partial charge >= 0.3 is 0 Å². The predicted molar refractivity (Wildman–Crippen MR) is 51.9 cm³/mol. The first kappa shape index (κ1) is 9.55. The molecular formula is C8H7BrClNO. The fourth-order valence-corrected chi connectivity index (χ4v) is 1.21. The monoisotopic (exact) mass is 247 g/mol. The van der Waals surface area contributed by atoms with Crippen molar-refractivity contribution in [1.29, 1.82) is 0 Å². The van der Waals surface area contributed by atoms with Gasteiger partial charge in [-0.3, -0.25) is 4.79 Å². The van der Waals surface area contributed by atoms with Crippen molar-refractivity contribution in [1.82, 2.24) is 0 Å². The van der Waals surface area contributed by atoms with E-state index in [2.05, 4.69) is 15.9 Å². The first-order chi connectivity index (χ1) is 5.61. The normalized spacial score (nSPS) is 12.5. The van der Waals surface area contributed by atoms with Crippen LogP contribution in [0.4, 0.5) is 0 Å². The summed E-state index contributed by atoms with van der Waals surface area (Å²) in [7, 11) is 0. The van der Waals surface area contributed by atoms with Crippen LogP contribution in [0.25, 0.3) is 0 Å². The fraction of sp³-hybridized carbons (Fsp3) is 0.125. The number of rotatable bonds is 2. The van der Waals surface area contributed by atoms with Gasteiger partial charge in [0.1, 0.15) is 5.38 Å². The number of hydrogen-bond acceptors (Lipinski definition) is 1. The minimum atomic E-state index is -0.738. The minimum absolute atomic E-state index is 0.529. The summed E-state index contributed by atoms with van der Waals surface area (Å²) in [6.07, 6.45) is 0. The number of carbonyl (C=O) groups is 1. The Hall–Kier alpha value is -0.540. The maximum absolute atomic E-state index is 10.7. The molecule has 1 aromatic rings. The highest BCUT2D eigenvalue weighted by Gasteiger charge is 2.12. The van der Waals surface area contributed by atoms with E-state index in [-0.39, 0.29) is 0 Å². The van der Waals surface area contributed by atoms with E-state index in [1.165, 1.54) is 0 Å². The van der Waals surface area contributed by atoms with E-state index in [0.717, 1.165) is 4.47 Å². The summed E-state index contributed by atoms with van der Waals surface area (Å²) in [5.41, 5.74) is 5.74. The lowest BCUT2D eigenvalue weighted by atomic mass is 10.1. The van der Waals surface area contributed by atoms with Crippen LogP contribution in [0.3, 0.4) is 0 Å². The third-order valence-electron chi connectivity index (χ3n) is 1.41. The van der Waals surface area contributed by atoms with Crippen LogP contribution < -0.4 is 5.73 Å². The van der Waals surface area contributed by atoms with Crippen molar-refractivity contribution in [3.8, 4) is 0 Å². The first-order valence-electron chi connectivity index (χ1n) is 3.30. The van der Waals surface area contributed by atoms with Crippen molar-refractivity contribution in [2.45, 2.75) is 5.38 Å². The zero-order chi connectivity index (χ0) is 9.14. The molecule has 1 rings (SSSR count). The summed E-state index contributed by atoms with van der Waals surface area (Å²) in [5.74, 6) is -0.529. The molecule has 2 nitrogen and oxygen atoms in total. The molecule has 0 bridgehead atoms. The fourth-order valence-electron chi connectivity index (χ4n) is 0.796. The van der Waals surface area contributed by atoms with E-state index in [1.54, 1.807) is 12.1 Å². The Bertz CT molecular complexity index is 286. The molecule has 0 aromatic heterocycles. The molecule has 0 saturated heterocycles. The highest BCUT2D eigenvalue weighted by atomic mass is 79.9. The van der Waals surface area contributed by atoms with Crippen LogP contribution in [0, 0.1) is 0 Å². The van der Waals surface area contributed by atoms with Crippen molar-refractivity contribution < 1.29 is 4.79 Å². The van der Waals surface area contributed by atoms with Crippen molar-refractivity contribution in [2.24, 2.45) is 5.73 Å². The Balaban J connectivity index is 2.89. The summed E-state index contributed by atoms with van der Waals surface area (Å²) in [6.45, 7) is 0. The van der Waals surface area contributed by atoms with E-state index < -0.39 is 11.3 Å². The Morgan fingerprint density at radius 2 is 1.92 bits per heavy atom. The Morgan fingerprint density at radius 1 is 1.42 bits per heavy atom. The summed E-state index contributed by atoms with van der Waals surface area (Å²) in [5, 5.41) is -0.738. The van der Waals surface area contributed by atoms with Crippen LogP contribution >= 0.6 is 27.5 Å². The molecule has 12 heavy (non-hydrogen) atoms. The quantitative estimate of drug-likeness (QED) is 0.801. The van der Waals surface area contributed by atoms with Gasteiger partial charge in [0.25, 0.3) is 0 Å². The molecule has 0 heterocycles. The second-order valence-corrected chi connectivity index (χ2v) is 3.67. The Labute approximate surface area is 83.8 Å². The Kier molecular flexibility index (Phi) is 3.12. The highest BCUT2D eigenvalue weighted by molar-refractivity contribution is 9.10. The third kappa shape index (κ3) is 2.22. The van der Waals surface area contributed by atoms with Gasteiger partial charge in [0.15, 0.2) is 0 Å². The molecule has 4 heteroatoms. The van der Waals surface area contributed by atoms with Crippen LogP contribution in [-0.4, -0.2) is 5.91 Å². The molecule has 0 aliphatic carbocycles. The van der Waals surface area contributed by atoms with Crippen LogP contribution in [-0.2, 0) is 4.79 Å². The summed E-state index contributed by atoms with van der Waals surface area (Å²) in [6, 6.07) is 7.14. The molecule has 0 saturated carbocycles. The number of alkyl halides is 1. The second kappa shape index (κ2) is 3.92. The van der Waals surface area contributed by atoms with Crippen molar-refractivity contribution in [3.63, 3.8) is 0 Å². The molecule has 0 fully saturated rings. The molecule has 0 spiro atoms. The number of carbonyl (C=O) groups excluding carboxylic acids is 1. The predicted octanol–water partition coefficient (Wildman–Crippen LogP) is 2.21. The summed E-state index contributed by atoms with van der Waals surface area (Å²) in [4.78, 5) is 10.7. The van der Waals surface area contributed by atoms with Gasteiger partial charge in [0, 0.05) is 4.47 Å². The smallest absolute Gasteiger partial charge is 0.240 e. The van der Waals surface area contributed by atoms with E-state index in [1.807, 2.05) is 12.1 Å². The number of benzene rings is 1. The lowest BCUT2D eigenvalue weighted by Crippen LogP contribution is -2.16. The third-order valence-corrected chi connectivity index (χ3v) is 2.41. The maximum atomic E-state index is 10.7. The van der Waals surface area contributed by atoms with Crippen LogP contribution in [0.2, 0.25) is 0 Å². The van der Waals surface area contributed by atoms with Gasteiger partial charge in [-0.2, -0.15) is 0 Å². The number of primary amides is 1. The molecule has 1 atom stereocenters. The lowest BCUT2D eigenvalue weighted by Gasteiger charge is -2.04. The Morgan fingerprint density at radius 3 is 2.33 bits per heavy atom. The average molecular weight is 249 g/mol. The SMILES string of the molecule is NC(=O)C(Cl)c1ccc(Br)cc1. The number of amides is 1. The number of nitrogens with two attached hydrogens (primary N) is 1. The van der Waals surface area contributed by atoms with Crippen molar-refractivity contribution in [2.75, 3.05) is 0 Å². The van der Waals surface area contributed by atoms with Gasteiger partial charge < -0.3 is 5.73 Å². The van der Waals surface area contributed by atoms with E-state index in [9.17, 15) is 4.79 Å². The van der Waals surface area contributed by atoms with Crippen LogP contribution in [0.5, 0.6) is 0 Å². The topological polar surface area (TPSA) is 43.1 Å². The van der Waals surface area contributed by atoms with Crippen molar-refractivity contribution >= 4 is 33.4 Å². The highest BCUT2D eigenvalue weighted by Crippen LogP contribution is 2.21. The standard InChI is InChI=1S/C8H7BrClNO/c9-6-3-1-5(2-4-6)7(10)8(11)12/h1-4,7H,(H2,11,12). The molecule has 0 aliphatic heterocycles. The molecule has 2 N–H and O–H groups in total. The number of hydrogen-bond donors (Lipinski definition) is 1. The maximum Gasteiger partial charge on any atom is 0.240 e. The molecule has 0 radical (unpaired) electrons. The zero-order valence-corrected chi connectivity index (χ0v) is 8.47. The van der Waals surface area contributed by atoms with Crippen LogP contribution in [0.15, 0.2) is 28.7 Å². The van der Waals surface area contributed by atoms with Crippen LogP contribution in [0.1, 0.15) is 10.9 Å². The van der Waals surface area contributed by atoms with E-state index >= 15 is 0 Å². The molecule has 0 aliphatic rings. The van der Waals surface area contributed by atoms with Gasteiger partial charge in [-0.05, 0) is 17.7 Å². The van der Waals surface area contributed by atoms with Gasteiger partial charge in [-0.25, -0.2) is 0 Å². The van der Waals surface area contributed by atoms with E-state index in [4.69, 9.17) is 17.3 Å². The average Bonchev–Trinajstić information content (AvgIpc) is 2.04. The molecule has 64 valence electrons. The lowest BCUT2D eigenvalue weighted by molar-refractivity contribution is -0.117. The molecular weight excluding hydrogens is 241 g/mol. The van der Waals surface area contributed by atoms with E-state index in [0.29, 0.717) is 5.56 Å². The van der Waals surface area contributed by atoms with Gasteiger partial charge in [0.2, 0.25) is 5.91 Å².